The number of rotatable bonds is 8. The van der Waals surface area contributed by atoms with Crippen LogP contribution in [0.15, 0.2) is 28.8 Å². The first kappa shape index (κ1) is 22.2. The van der Waals surface area contributed by atoms with Crippen LogP contribution in [0.3, 0.4) is 0 Å². The summed E-state index contributed by atoms with van der Waals surface area (Å²) < 4.78 is 21.3. The molecule has 2 rings (SSSR count). The maximum Gasteiger partial charge on any atom is 0.331 e. The Bertz CT molecular complexity index is 885. The van der Waals surface area contributed by atoms with E-state index in [0.29, 0.717) is 23.9 Å². The van der Waals surface area contributed by atoms with E-state index in [4.69, 9.17) is 18.7 Å². The lowest BCUT2D eigenvalue weighted by Gasteiger charge is -2.15. The molecule has 0 radical (unpaired) electrons. The van der Waals surface area contributed by atoms with Crippen LogP contribution in [0.25, 0.3) is 6.08 Å². The van der Waals surface area contributed by atoms with Crippen molar-refractivity contribution in [2.45, 2.75) is 41.2 Å². The zero-order valence-corrected chi connectivity index (χ0v) is 17.7. The number of methoxy groups -OCH3 is 1. The van der Waals surface area contributed by atoms with Crippen molar-refractivity contribution >= 4 is 17.8 Å². The summed E-state index contributed by atoms with van der Waals surface area (Å²) in [7, 11) is 1.54. The summed E-state index contributed by atoms with van der Waals surface area (Å²) in [6, 6.07) is 5.28. The third-order valence-corrected chi connectivity index (χ3v) is 4.33. The van der Waals surface area contributed by atoms with E-state index in [0.717, 1.165) is 16.8 Å². The number of aryl methyl sites for hydroxylation is 2. The minimum Gasteiger partial charge on any atom is -0.493 e. The number of esters is 1. The zero-order valence-electron chi connectivity index (χ0n) is 17.7. The number of carbonyl (C=O) groups excluding carboxylic acids is 2. The summed E-state index contributed by atoms with van der Waals surface area (Å²) in [5.74, 6) is 1.07. The Morgan fingerprint density at radius 3 is 2.48 bits per heavy atom. The van der Waals surface area contributed by atoms with Crippen LogP contribution in [0, 0.1) is 19.3 Å². The fourth-order valence-electron chi connectivity index (χ4n) is 2.33. The fraction of sp³-hybridized carbons (Fsp3) is 0.409. The fourth-order valence-corrected chi connectivity index (χ4v) is 2.33. The lowest BCUT2D eigenvalue weighted by molar-refractivity contribution is -0.145. The van der Waals surface area contributed by atoms with Gasteiger partial charge in [0, 0.05) is 11.5 Å². The number of hydrogen-bond acceptors (Lipinski definition) is 7. The Labute approximate surface area is 170 Å². The molecule has 0 N–H and O–H groups in total. The molecule has 7 heteroatoms. The predicted molar refractivity (Wildman–Crippen MR) is 108 cm³/mol. The van der Waals surface area contributed by atoms with Gasteiger partial charge >= 0.3 is 5.97 Å². The van der Waals surface area contributed by atoms with Crippen LogP contribution in [0.5, 0.6) is 11.5 Å². The summed E-state index contributed by atoms with van der Waals surface area (Å²) >= 11 is 0. The van der Waals surface area contributed by atoms with Gasteiger partial charge in [-0.25, -0.2) is 4.79 Å². The molecule has 0 fully saturated rings. The van der Waals surface area contributed by atoms with E-state index in [-0.39, 0.29) is 12.4 Å². The molecule has 156 valence electrons. The van der Waals surface area contributed by atoms with Crippen molar-refractivity contribution in [3.63, 3.8) is 0 Å². The van der Waals surface area contributed by atoms with Crippen LogP contribution in [-0.4, -0.2) is 30.6 Å². The first-order chi connectivity index (χ1) is 13.6. The molecule has 0 aliphatic heterocycles. The average Bonchev–Trinajstić information content (AvgIpc) is 2.99. The average molecular weight is 401 g/mol. The third kappa shape index (κ3) is 6.20. The van der Waals surface area contributed by atoms with Crippen molar-refractivity contribution < 1.29 is 28.3 Å². The van der Waals surface area contributed by atoms with Crippen molar-refractivity contribution in [1.29, 1.82) is 0 Å². The standard InChI is InChI=1S/C22H27NO6/c1-14-17(15(2)29-23-14)12-27-18-9-7-16(11-19(18)26-6)8-10-21(25)28-13-20(24)22(3,4)5/h7-11H,12-13H2,1-6H3/b10-8+. The lowest BCUT2D eigenvalue weighted by Crippen LogP contribution is -2.25. The molecule has 0 atom stereocenters. The molecule has 0 saturated carbocycles. The summed E-state index contributed by atoms with van der Waals surface area (Å²) in [6.07, 6.45) is 2.86. The molecule has 1 heterocycles. The number of ether oxygens (including phenoxy) is 3. The minimum absolute atomic E-state index is 0.138. The van der Waals surface area contributed by atoms with Gasteiger partial charge in [-0.15, -0.1) is 0 Å². The smallest absolute Gasteiger partial charge is 0.331 e. The van der Waals surface area contributed by atoms with Gasteiger partial charge in [-0.05, 0) is 37.6 Å². The van der Waals surface area contributed by atoms with Crippen LogP contribution >= 0.6 is 0 Å². The normalized spacial score (nSPS) is 11.5. The monoisotopic (exact) mass is 401 g/mol. The molecular formula is C22H27NO6. The molecule has 0 unspecified atom stereocenters. The molecule has 1 aromatic heterocycles. The number of hydrogen-bond donors (Lipinski definition) is 0. The summed E-state index contributed by atoms with van der Waals surface area (Å²) in [5.41, 5.74) is 1.86. The number of aromatic nitrogens is 1. The van der Waals surface area contributed by atoms with Gasteiger partial charge < -0.3 is 18.7 Å². The Hall–Kier alpha value is -3.09. The molecule has 0 amide bonds. The van der Waals surface area contributed by atoms with Gasteiger partial charge in [-0.2, -0.15) is 0 Å². The van der Waals surface area contributed by atoms with E-state index in [2.05, 4.69) is 5.16 Å². The quantitative estimate of drug-likeness (QED) is 0.487. The Morgan fingerprint density at radius 2 is 1.90 bits per heavy atom. The number of Topliss-reactive ketones (excluding diaryl/α,β-unsaturated/α-hetero) is 1. The second-order valence-corrected chi connectivity index (χ2v) is 7.62. The molecule has 1 aromatic carbocycles. The SMILES string of the molecule is COc1cc(/C=C/C(=O)OCC(=O)C(C)(C)C)ccc1OCc1c(C)noc1C. The molecule has 0 bridgehead atoms. The van der Waals surface area contributed by atoms with E-state index < -0.39 is 11.4 Å². The second kappa shape index (κ2) is 9.41. The lowest BCUT2D eigenvalue weighted by atomic mass is 9.91. The van der Waals surface area contributed by atoms with Crippen LogP contribution in [0.4, 0.5) is 0 Å². The van der Waals surface area contributed by atoms with E-state index in [1.807, 2.05) is 13.8 Å². The first-order valence-corrected chi connectivity index (χ1v) is 9.22. The van der Waals surface area contributed by atoms with Crippen molar-refractivity contribution in [3.05, 3.63) is 46.9 Å². The molecular weight excluding hydrogens is 374 g/mol. The highest BCUT2D eigenvalue weighted by atomic mass is 16.5. The topological polar surface area (TPSA) is 87.9 Å². The highest BCUT2D eigenvalue weighted by Crippen LogP contribution is 2.30. The number of carbonyl (C=O) groups is 2. The summed E-state index contributed by atoms with van der Waals surface area (Å²) in [4.78, 5) is 23.6. The van der Waals surface area contributed by atoms with Crippen molar-refractivity contribution in [2.75, 3.05) is 13.7 Å². The van der Waals surface area contributed by atoms with Crippen LogP contribution in [-0.2, 0) is 20.9 Å². The summed E-state index contributed by atoms with van der Waals surface area (Å²) in [5, 5.41) is 3.90. The van der Waals surface area contributed by atoms with Gasteiger partial charge in [0.25, 0.3) is 0 Å². The highest BCUT2D eigenvalue weighted by molar-refractivity contribution is 5.91. The second-order valence-electron chi connectivity index (χ2n) is 7.62. The van der Waals surface area contributed by atoms with Gasteiger partial charge in [0.15, 0.2) is 23.9 Å². The Kier molecular flexibility index (Phi) is 7.20. The Morgan fingerprint density at radius 1 is 1.17 bits per heavy atom. The number of ketones is 1. The van der Waals surface area contributed by atoms with Crippen molar-refractivity contribution in [2.24, 2.45) is 5.41 Å². The predicted octanol–water partition coefficient (Wildman–Crippen LogP) is 4.05. The van der Waals surface area contributed by atoms with Gasteiger partial charge in [0.05, 0.1) is 18.4 Å². The molecule has 0 spiro atoms. The Balaban J connectivity index is 1.99. The van der Waals surface area contributed by atoms with Gasteiger partial charge in [0.2, 0.25) is 0 Å². The zero-order chi connectivity index (χ0) is 21.6. The van der Waals surface area contributed by atoms with Gasteiger partial charge in [-0.1, -0.05) is 32.0 Å². The number of nitrogens with zero attached hydrogens (tertiary/aromatic N) is 1. The van der Waals surface area contributed by atoms with Gasteiger partial charge in [-0.3, -0.25) is 4.79 Å². The van der Waals surface area contributed by atoms with Crippen LogP contribution < -0.4 is 9.47 Å². The van der Waals surface area contributed by atoms with Crippen molar-refractivity contribution in [1.82, 2.24) is 5.16 Å². The third-order valence-electron chi connectivity index (χ3n) is 4.33. The number of benzene rings is 1. The maximum absolute atomic E-state index is 11.8. The molecule has 29 heavy (non-hydrogen) atoms. The summed E-state index contributed by atoms with van der Waals surface area (Å²) in [6.45, 7) is 9.08. The molecule has 2 aromatic rings. The van der Waals surface area contributed by atoms with Crippen LogP contribution in [0.1, 0.15) is 43.4 Å². The maximum atomic E-state index is 11.8. The first-order valence-electron chi connectivity index (χ1n) is 9.22. The van der Waals surface area contributed by atoms with Crippen molar-refractivity contribution in [3.8, 4) is 11.5 Å². The molecule has 0 aliphatic rings. The molecule has 0 aliphatic carbocycles. The molecule has 7 nitrogen and oxygen atoms in total. The highest BCUT2D eigenvalue weighted by Gasteiger charge is 2.22. The van der Waals surface area contributed by atoms with E-state index in [9.17, 15) is 9.59 Å². The van der Waals surface area contributed by atoms with E-state index in [1.54, 1.807) is 45.0 Å². The minimum atomic E-state index is -0.583. The van der Waals surface area contributed by atoms with Crippen LogP contribution in [0.2, 0.25) is 0 Å². The van der Waals surface area contributed by atoms with E-state index >= 15 is 0 Å². The largest absolute Gasteiger partial charge is 0.493 e. The molecule has 0 saturated heterocycles. The van der Waals surface area contributed by atoms with Gasteiger partial charge in [0.1, 0.15) is 12.4 Å². The van der Waals surface area contributed by atoms with E-state index in [1.165, 1.54) is 13.2 Å².